The Balaban J connectivity index is 1.56. The lowest BCUT2D eigenvalue weighted by Gasteiger charge is -2.18. The molecule has 36 heavy (non-hydrogen) atoms. The van der Waals surface area contributed by atoms with Crippen molar-refractivity contribution in [3.8, 4) is 17.2 Å². The van der Waals surface area contributed by atoms with Gasteiger partial charge in [0.05, 0.1) is 23.6 Å². The van der Waals surface area contributed by atoms with Crippen LogP contribution in [0.25, 0.3) is 11.0 Å². The van der Waals surface area contributed by atoms with E-state index < -0.39 is 11.9 Å². The molecule has 0 saturated carbocycles. The average molecular weight is 487 g/mol. The summed E-state index contributed by atoms with van der Waals surface area (Å²) in [7, 11) is 1.30. The zero-order chi connectivity index (χ0) is 26.0. The van der Waals surface area contributed by atoms with Crippen molar-refractivity contribution in [3.05, 3.63) is 99.4 Å². The Morgan fingerprint density at radius 2 is 1.39 bits per heavy atom. The summed E-state index contributed by atoms with van der Waals surface area (Å²) in [6.07, 6.45) is 0. The third kappa shape index (κ3) is 5.15. The van der Waals surface area contributed by atoms with Crippen molar-refractivity contribution in [2.24, 2.45) is 0 Å². The van der Waals surface area contributed by atoms with Crippen LogP contribution in [0.5, 0.6) is 17.2 Å². The molecule has 0 N–H and O–H groups in total. The number of fused-ring (bicyclic) bond motifs is 1. The summed E-state index contributed by atoms with van der Waals surface area (Å²) in [5.74, 6) is -0.0872. The molecule has 4 aromatic rings. The van der Waals surface area contributed by atoms with Gasteiger partial charge >= 0.3 is 11.9 Å². The van der Waals surface area contributed by atoms with Crippen molar-refractivity contribution in [1.82, 2.24) is 0 Å². The summed E-state index contributed by atoms with van der Waals surface area (Å²) in [5.41, 5.74) is 1.76. The number of esters is 2. The van der Waals surface area contributed by atoms with E-state index in [1.165, 1.54) is 37.4 Å². The average Bonchev–Trinajstić information content (AvgIpc) is 2.86. The van der Waals surface area contributed by atoms with Crippen LogP contribution in [-0.2, 0) is 10.2 Å². The molecular formula is C29H26O7. The maximum Gasteiger partial charge on any atom is 0.343 e. The SMILES string of the molecule is COC(=O)c1ccc(Oc2c(C)oc3cc(OC(=O)c4ccc(C(C)(C)C)cc4)ccc3c2=O)cc1. The Morgan fingerprint density at radius 3 is 2.00 bits per heavy atom. The van der Waals surface area contributed by atoms with Crippen molar-refractivity contribution in [2.75, 3.05) is 7.11 Å². The normalized spacial score (nSPS) is 11.2. The molecule has 0 amide bonds. The summed E-state index contributed by atoms with van der Waals surface area (Å²) in [6.45, 7) is 7.90. The fourth-order valence-corrected chi connectivity index (χ4v) is 3.62. The van der Waals surface area contributed by atoms with Crippen LogP contribution < -0.4 is 14.9 Å². The second kappa shape index (κ2) is 9.70. The lowest BCUT2D eigenvalue weighted by atomic mass is 9.87. The number of rotatable bonds is 5. The highest BCUT2D eigenvalue weighted by molar-refractivity contribution is 5.92. The molecule has 0 atom stereocenters. The van der Waals surface area contributed by atoms with Gasteiger partial charge in [-0.05, 0) is 66.4 Å². The largest absolute Gasteiger partial charge is 0.465 e. The van der Waals surface area contributed by atoms with Gasteiger partial charge in [0.2, 0.25) is 11.2 Å². The third-order valence-electron chi connectivity index (χ3n) is 5.68. The van der Waals surface area contributed by atoms with Gasteiger partial charge < -0.3 is 18.6 Å². The van der Waals surface area contributed by atoms with Gasteiger partial charge in [0, 0.05) is 6.07 Å². The third-order valence-corrected chi connectivity index (χ3v) is 5.68. The van der Waals surface area contributed by atoms with Gasteiger partial charge in [-0.3, -0.25) is 4.79 Å². The molecule has 0 spiro atoms. The zero-order valence-corrected chi connectivity index (χ0v) is 20.7. The number of hydrogen-bond donors (Lipinski definition) is 0. The van der Waals surface area contributed by atoms with Gasteiger partial charge in [-0.25, -0.2) is 9.59 Å². The fourth-order valence-electron chi connectivity index (χ4n) is 3.62. The summed E-state index contributed by atoms with van der Waals surface area (Å²) >= 11 is 0. The van der Waals surface area contributed by atoms with E-state index in [0.717, 1.165) is 5.56 Å². The molecule has 0 saturated heterocycles. The van der Waals surface area contributed by atoms with Crippen molar-refractivity contribution >= 4 is 22.9 Å². The first kappa shape index (κ1) is 24.7. The number of hydrogen-bond acceptors (Lipinski definition) is 7. The van der Waals surface area contributed by atoms with E-state index in [9.17, 15) is 14.4 Å². The molecule has 0 fully saturated rings. The fraction of sp³-hybridized carbons (Fsp3) is 0.207. The number of aryl methyl sites for hydroxylation is 1. The maximum atomic E-state index is 13.1. The zero-order valence-electron chi connectivity index (χ0n) is 20.7. The van der Waals surface area contributed by atoms with E-state index in [0.29, 0.717) is 16.9 Å². The quantitative estimate of drug-likeness (QED) is 0.245. The predicted molar refractivity (Wildman–Crippen MR) is 135 cm³/mol. The minimum Gasteiger partial charge on any atom is -0.465 e. The highest BCUT2D eigenvalue weighted by atomic mass is 16.5. The molecule has 7 heteroatoms. The molecular weight excluding hydrogens is 460 g/mol. The number of carbonyl (C=O) groups excluding carboxylic acids is 2. The molecule has 0 aliphatic heterocycles. The monoisotopic (exact) mass is 486 g/mol. The first-order chi connectivity index (χ1) is 17.1. The van der Waals surface area contributed by atoms with Gasteiger partial charge in [-0.15, -0.1) is 0 Å². The standard InChI is InChI=1S/C29H26O7/c1-17-26(35-21-12-8-18(9-13-21)27(31)33-5)25(30)23-15-14-22(16-24(23)34-17)36-28(32)19-6-10-20(11-7-19)29(2,3)4/h6-16H,1-5H3. The van der Waals surface area contributed by atoms with Gasteiger partial charge in [0.1, 0.15) is 22.8 Å². The van der Waals surface area contributed by atoms with E-state index in [-0.39, 0.29) is 39.1 Å². The van der Waals surface area contributed by atoms with E-state index in [4.69, 9.17) is 13.9 Å². The minimum atomic E-state index is -0.510. The van der Waals surface area contributed by atoms with Crippen LogP contribution in [0.1, 0.15) is 52.8 Å². The molecule has 184 valence electrons. The van der Waals surface area contributed by atoms with Gasteiger partial charge in [-0.1, -0.05) is 32.9 Å². The lowest BCUT2D eigenvalue weighted by molar-refractivity contribution is 0.0600. The molecule has 1 heterocycles. The molecule has 4 rings (SSSR count). The van der Waals surface area contributed by atoms with Crippen molar-refractivity contribution in [1.29, 1.82) is 0 Å². The van der Waals surface area contributed by atoms with E-state index in [1.54, 1.807) is 31.2 Å². The van der Waals surface area contributed by atoms with Crippen molar-refractivity contribution in [3.63, 3.8) is 0 Å². The van der Waals surface area contributed by atoms with Crippen molar-refractivity contribution in [2.45, 2.75) is 33.1 Å². The van der Waals surface area contributed by atoms with Crippen LogP contribution in [0, 0.1) is 6.92 Å². The van der Waals surface area contributed by atoms with Gasteiger partial charge in [0.15, 0.2) is 0 Å². The van der Waals surface area contributed by atoms with Gasteiger partial charge in [0.25, 0.3) is 0 Å². The number of methoxy groups -OCH3 is 1. The second-order valence-electron chi connectivity index (χ2n) is 9.31. The number of ether oxygens (including phenoxy) is 3. The summed E-state index contributed by atoms with van der Waals surface area (Å²) in [5, 5.41) is 0.274. The Morgan fingerprint density at radius 1 is 0.806 bits per heavy atom. The highest BCUT2D eigenvalue weighted by Gasteiger charge is 2.18. The molecule has 0 radical (unpaired) electrons. The molecule has 0 unspecified atom stereocenters. The van der Waals surface area contributed by atoms with Gasteiger partial charge in [-0.2, -0.15) is 0 Å². The minimum absolute atomic E-state index is 0.0226. The Bertz CT molecular complexity index is 1490. The summed E-state index contributed by atoms with van der Waals surface area (Å²) < 4.78 is 21.8. The molecule has 3 aromatic carbocycles. The summed E-state index contributed by atoms with van der Waals surface area (Å²) in [4.78, 5) is 37.3. The van der Waals surface area contributed by atoms with Crippen LogP contribution in [0.2, 0.25) is 0 Å². The molecule has 0 aliphatic carbocycles. The Labute approximate surface area is 208 Å². The Hall–Kier alpha value is -4.39. The Kier molecular flexibility index (Phi) is 6.66. The topological polar surface area (TPSA) is 92.0 Å². The smallest absolute Gasteiger partial charge is 0.343 e. The van der Waals surface area contributed by atoms with E-state index in [2.05, 4.69) is 25.5 Å². The molecule has 0 aliphatic rings. The molecule has 7 nitrogen and oxygen atoms in total. The first-order valence-electron chi connectivity index (χ1n) is 11.3. The summed E-state index contributed by atoms with van der Waals surface area (Å²) in [6, 6.07) is 18.0. The lowest BCUT2D eigenvalue weighted by Crippen LogP contribution is -2.13. The molecule has 0 bridgehead atoms. The van der Waals surface area contributed by atoms with Crippen molar-refractivity contribution < 1.29 is 28.2 Å². The van der Waals surface area contributed by atoms with Crippen LogP contribution in [0.3, 0.4) is 0 Å². The number of carbonyl (C=O) groups is 2. The van der Waals surface area contributed by atoms with Crippen LogP contribution in [-0.4, -0.2) is 19.0 Å². The number of benzene rings is 3. The first-order valence-corrected chi connectivity index (χ1v) is 11.3. The van der Waals surface area contributed by atoms with E-state index >= 15 is 0 Å². The van der Waals surface area contributed by atoms with Crippen LogP contribution in [0.4, 0.5) is 0 Å². The van der Waals surface area contributed by atoms with Crippen LogP contribution in [0.15, 0.2) is 75.9 Å². The molecule has 1 aromatic heterocycles. The maximum absolute atomic E-state index is 13.1. The second-order valence-corrected chi connectivity index (χ2v) is 9.31. The van der Waals surface area contributed by atoms with E-state index in [1.807, 2.05) is 12.1 Å². The highest BCUT2D eigenvalue weighted by Crippen LogP contribution is 2.28. The van der Waals surface area contributed by atoms with Crippen LogP contribution >= 0.6 is 0 Å². The predicted octanol–water partition coefficient (Wildman–Crippen LogP) is 6.20.